The maximum Gasteiger partial charge on any atom is 0.287 e. The number of rotatable bonds is 3. The summed E-state index contributed by atoms with van der Waals surface area (Å²) in [6, 6.07) is 6.64. The van der Waals surface area contributed by atoms with Crippen LogP contribution in [-0.4, -0.2) is 22.2 Å². The average Bonchev–Trinajstić information content (AvgIpc) is 2.78. The van der Waals surface area contributed by atoms with Crippen LogP contribution in [-0.2, 0) is 0 Å². The zero-order valence-corrected chi connectivity index (χ0v) is 12.7. The number of amides is 1. The van der Waals surface area contributed by atoms with Crippen molar-refractivity contribution >= 4 is 44.0 Å². The van der Waals surface area contributed by atoms with Gasteiger partial charge < -0.3 is 10.1 Å². The van der Waals surface area contributed by atoms with Crippen LogP contribution < -0.4 is 5.43 Å². The lowest BCUT2D eigenvalue weighted by Crippen LogP contribution is -2.17. The molecule has 1 aromatic carbocycles. The lowest BCUT2D eigenvalue weighted by atomic mass is 10.2. The highest BCUT2D eigenvalue weighted by Crippen LogP contribution is 2.20. The van der Waals surface area contributed by atoms with Gasteiger partial charge in [0.05, 0.1) is 6.21 Å². The van der Waals surface area contributed by atoms with Gasteiger partial charge in [0.15, 0.2) is 0 Å². The lowest BCUT2D eigenvalue weighted by Gasteiger charge is -1.99. The number of carbonyl (C=O) groups excluding carboxylic acids is 1. The first-order valence-electron chi connectivity index (χ1n) is 5.22. The maximum atomic E-state index is 11.6. The molecule has 0 aliphatic heterocycles. The summed E-state index contributed by atoms with van der Waals surface area (Å²) < 4.78 is 1.55. The number of benzene rings is 1. The van der Waals surface area contributed by atoms with Crippen LogP contribution in [0.25, 0.3) is 0 Å². The molecule has 2 aromatic rings. The summed E-state index contributed by atoms with van der Waals surface area (Å²) >= 11 is 6.47. The number of nitrogens with one attached hydrogen (secondary N) is 2. The van der Waals surface area contributed by atoms with Crippen molar-refractivity contribution in [3.63, 3.8) is 0 Å². The number of aromatic hydroxyl groups is 1. The van der Waals surface area contributed by atoms with Crippen molar-refractivity contribution in [1.82, 2.24) is 10.4 Å². The van der Waals surface area contributed by atoms with Crippen molar-refractivity contribution in [2.45, 2.75) is 0 Å². The van der Waals surface area contributed by atoms with Crippen LogP contribution in [0.4, 0.5) is 0 Å². The van der Waals surface area contributed by atoms with Crippen molar-refractivity contribution in [2.24, 2.45) is 5.10 Å². The standard InChI is InChI=1S/C12H9Br2N3O2/c13-8-2-1-7(11(18)4-8)5-16-17-12(19)10-3-9(14)6-15-10/h1-6,15,18H,(H,17,19)/b16-5+. The highest BCUT2D eigenvalue weighted by molar-refractivity contribution is 9.10. The van der Waals surface area contributed by atoms with E-state index >= 15 is 0 Å². The Balaban J connectivity index is 2.02. The lowest BCUT2D eigenvalue weighted by molar-refractivity contribution is 0.0950. The summed E-state index contributed by atoms with van der Waals surface area (Å²) in [4.78, 5) is 14.4. The van der Waals surface area contributed by atoms with E-state index in [1.165, 1.54) is 6.21 Å². The zero-order chi connectivity index (χ0) is 13.8. The van der Waals surface area contributed by atoms with Crippen LogP contribution >= 0.6 is 31.9 Å². The second-order valence-corrected chi connectivity index (χ2v) is 5.47. The van der Waals surface area contributed by atoms with Gasteiger partial charge in [0.1, 0.15) is 11.4 Å². The van der Waals surface area contributed by atoms with Crippen LogP contribution in [0.1, 0.15) is 16.1 Å². The van der Waals surface area contributed by atoms with E-state index in [1.807, 2.05) is 0 Å². The Morgan fingerprint density at radius 1 is 1.32 bits per heavy atom. The second-order valence-electron chi connectivity index (χ2n) is 3.63. The number of phenols is 1. The van der Waals surface area contributed by atoms with Crippen molar-refractivity contribution in [3.05, 3.63) is 50.7 Å². The van der Waals surface area contributed by atoms with Gasteiger partial charge in [0.2, 0.25) is 0 Å². The molecule has 1 heterocycles. The zero-order valence-electron chi connectivity index (χ0n) is 9.52. The Bertz CT molecular complexity index is 638. The Morgan fingerprint density at radius 3 is 2.74 bits per heavy atom. The van der Waals surface area contributed by atoms with Crippen LogP contribution in [0.15, 0.2) is 44.5 Å². The fourth-order valence-electron chi connectivity index (χ4n) is 1.35. The van der Waals surface area contributed by atoms with Crippen LogP contribution in [0, 0.1) is 0 Å². The third kappa shape index (κ3) is 3.68. The number of hydrogen-bond acceptors (Lipinski definition) is 3. The van der Waals surface area contributed by atoms with Gasteiger partial charge in [-0.3, -0.25) is 4.79 Å². The Labute approximate surface area is 126 Å². The molecule has 0 atom stereocenters. The summed E-state index contributed by atoms with van der Waals surface area (Å²) in [5.74, 6) is -0.284. The third-order valence-electron chi connectivity index (χ3n) is 2.25. The molecule has 0 spiro atoms. The molecule has 5 nitrogen and oxygen atoms in total. The minimum Gasteiger partial charge on any atom is -0.507 e. The predicted octanol–water partition coefficient (Wildman–Crippen LogP) is 3.01. The number of aromatic amines is 1. The van der Waals surface area contributed by atoms with E-state index in [1.54, 1.807) is 30.5 Å². The first-order valence-corrected chi connectivity index (χ1v) is 6.80. The molecule has 98 valence electrons. The number of hydrazone groups is 1. The number of aromatic nitrogens is 1. The van der Waals surface area contributed by atoms with Crippen LogP contribution in [0.2, 0.25) is 0 Å². The number of carbonyl (C=O) groups is 1. The van der Waals surface area contributed by atoms with Crippen molar-refractivity contribution in [2.75, 3.05) is 0 Å². The first-order chi connectivity index (χ1) is 9.06. The molecule has 19 heavy (non-hydrogen) atoms. The molecule has 0 saturated heterocycles. The topological polar surface area (TPSA) is 77.5 Å². The molecule has 2 rings (SSSR count). The van der Waals surface area contributed by atoms with Gasteiger partial charge in [-0.15, -0.1) is 0 Å². The molecule has 3 N–H and O–H groups in total. The largest absolute Gasteiger partial charge is 0.507 e. The van der Waals surface area contributed by atoms with Crippen molar-refractivity contribution < 1.29 is 9.90 Å². The predicted molar refractivity (Wildman–Crippen MR) is 79.4 cm³/mol. The average molecular weight is 387 g/mol. The monoisotopic (exact) mass is 385 g/mol. The molecule has 0 saturated carbocycles. The Hall–Kier alpha value is -1.60. The molecule has 7 heteroatoms. The number of halogens is 2. The smallest absolute Gasteiger partial charge is 0.287 e. The normalized spacial score (nSPS) is 10.8. The summed E-state index contributed by atoms with van der Waals surface area (Å²) in [7, 11) is 0. The summed E-state index contributed by atoms with van der Waals surface area (Å²) in [6.07, 6.45) is 3.02. The van der Waals surface area contributed by atoms with Gasteiger partial charge >= 0.3 is 0 Å². The molecule has 0 unspecified atom stereocenters. The summed E-state index contributed by atoms with van der Waals surface area (Å²) in [5, 5.41) is 13.4. The molecule has 0 bridgehead atoms. The minimum absolute atomic E-state index is 0.0787. The van der Waals surface area contributed by atoms with Crippen LogP contribution in [0.3, 0.4) is 0 Å². The van der Waals surface area contributed by atoms with E-state index in [-0.39, 0.29) is 11.7 Å². The molecule has 0 radical (unpaired) electrons. The van der Waals surface area contributed by atoms with E-state index in [0.717, 1.165) is 8.95 Å². The molecule has 0 aliphatic carbocycles. The SMILES string of the molecule is O=C(N/N=C/c1ccc(Br)cc1O)c1cc(Br)c[nH]1. The van der Waals surface area contributed by atoms with Gasteiger partial charge in [0, 0.05) is 20.7 Å². The minimum atomic E-state index is -0.362. The highest BCUT2D eigenvalue weighted by atomic mass is 79.9. The van der Waals surface area contributed by atoms with Gasteiger partial charge in [-0.25, -0.2) is 5.43 Å². The van der Waals surface area contributed by atoms with Gasteiger partial charge in [-0.1, -0.05) is 15.9 Å². The van der Waals surface area contributed by atoms with Gasteiger partial charge in [-0.2, -0.15) is 5.10 Å². The molecular formula is C12H9Br2N3O2. The van der Waals surface area contributed by atoms with E-state index in [0.29, 0.717) is 11.3 Å². The molecule has 1 aromatic heterocycles. The fourth-order valence-corrected chi connectivity index (χ4v) is 2.04. The van der Waals surface area contributed by atoms with E-state index in [9.17, 15) is 9.90 Å². The van der Waals surface area contributed by atoms with Gasteiger partial charge in [0.25, 0.3) is 5.91 Å². The van der Waals surface area contributed by atoms with E-state index < -0.39 is 0 Å². The number of H-pyrrole nitrogens is 1. The van der Waals surface area contributed by atoms with E-state index in [4.69, 9.17) is 0 Å². The Morgan fingerprint density at radius 2 is 2.11 bits per heavy atom. The van der Waals surface area contributed by atoms with E-state index in [2.05, 4.69) is 47.4 Å². The number of hydrogen-bond donors (Lipinski definition) is 3. The van der Waals surface area contributed by atoms with Gasteiger partial charge in [-0.05, 0) is 40.2 Å². The van der Waals surface area contributed by atoms with Crippen LogP contribution in [0.5, 0.6) is 5.75 Å². The Kier molecular flexibility index (Phi) is 4.39. The second kappa shape index (κ2) is 6.03. The molecule has 1 amide bonds. The quantitative estimate of drug-likeness (QED) is 0.560. The molecule has 0 aliphatic rings. The first kappa shape index (κ1) is 13.8. The summed E-state index contributed by atoms with van der Waals surface area (Å²) in [5.41, 5.74) is 3.26. The summed E-state index contributed by atoms with van der Waals surface area (Å²) in [6.45, 7) is 0. The molecular weight excluding hydrogens is 378 g/mol. The van der Waals surface area contributed by atoms with Crippen molar-refractivity contribution in [1.29, 1.82) is 0 Å². The third-order valence-corrected chi connectivity index (χ3v) is 3.21. The fraction of sp³-hybridized carbons (Fsp3) is 0. The maximum absolute atomic E-state index is 11.6. The number of nitrogens with zero attached hydrogens (tertiary/aromatic N) is 1. The molecule has 0 fully saturated rings. The highest BCUT2D eigenvalue weighted by Gasteiger charge is 2.06. The van der Waals surface area contributed by atoms with Crippen molar-refractivity contribution in [3.8, 4) is 5.75 Å². The number of phenolic OH excluding ortho intramolecular Hbond substituents is 1.